The van der Waals surface area contributed by atoms with E-state index >= 15 is 0 Å². The van der Waals surface area contributed by atoms with Crippen molar-refractivity contribution in [1.29, 1.82) is 0 Å². The summed E-state index contributed by atoms with van der Waals surface area (Å²) >= 11 is 5.85. The molecule has 0 aliphatic rings. The third-order valence-electron chi connectivity index (χ3n) is 2.14. The van der Waals surface area contributed by atoms with Gasteiger partial charge >= 0.3 is 0 Å². The lowest BCUT2D eigenvalue weighted by molar-refractivity contribution is -0.117. The number of halogens is 1. The van der Waals surface area contributed by atoms with Gasteiger partial charge in [-0.3, -0.25) is 4.79 Å². The third-order valence-corrected chi connectivity index (χ3v) is 2.42. The summed E-state index contributed by atoms with van der Waals surface area (Å²) in [5.41, 5.74) is 6.99. The molecule has 0 bridgehead atoms. The fourth-order valence-electron chi connectivity index (χ4n) is 1.08. The Morgan fingerprint density at radius 1 is 1.73 bits per heavy atom. The Morgan fingerprint density at radius 3 is 2.93 bits per heavy atom. The van der Waals surface area contributed by atoms with Gasteiger partial charge in [-0.25, -0.2) is 4.98 Å². The van der Waals surface area contributed by atoms with Crippen LogP contribution in [0.1, 0.15) is 18.9 Å². The first-order chi connectivity index (χ1) is 7.06. The second-order valence-electron chi connectivity index (χ2n) is 3.30. The number of nitrogens with zero attached hydrogens (tertiary/aromatic N) is 1. The molecule has 4 nitrogen and oxygen atoms in total. The number of nitrogens with one attached hydrogen (secondary N) is 1. The van der Waals surface area contributed by atoms with Gasteiger partial charge in [-0.05, 0) is 25.0 Å². The van der Waals surface area contributed by atoms with E-state index in [2.05, 4.69) is 10.3 Å². The minimum absolute atomic E-state index is 0.240. The zero-order valence-corrected chi connectivity index (χ0v) is 9.51. The van der Waals surface area contributed by atoms with E-state index in [9.17, 15) is 4.79 Å². The maximum absolute atomic E-state index is 11.5. The van der Waals surface area contributed by atoms with E-state index in [1.165, 1.54) is 0 Å². The molecule has 3 N–H and O–H groups in total. The second-order valence-corrected chi connectivity index (χ2v) is 3.66. The summed E-state index contributed by atoms with van der Waals surface area (Å²) in [6.07, 6.45) is 2.18. The van der Waals surface area contributed by atoms with Crippen LogP contribution >= 0.6 is 11.6 Å². The predicted octanol–water partition coefficient (Wildman–Crippen LogP) is 1.72. The Morgan fingerprint density at radius 2 is 2.40 bits per heavy atom. The molecule has 0 fully saturated rings. The van der Waals surface area contributed by atoms with Crippen molar-refractivity contribution in [1.82, 2.24) is 4.98 Å². The first-order valence-corrected chi connectivity index (χ1v) is 5.11. The Balaban J connectivity index is 2.85. The smallest absolute Gasteiger partial charge is 0.241 e. The van der Waals surface area contributed by atoms with Gasteiger partial charge in [0.15, 0.2) is 5.15 Å². The Hall–Kier alpha value is -1.13. The van der Waals surface area contributed by atoms with Crippen LogP contribution in [0.5, 0.6) is 0 Å². The van der Waals surface area contributed by atoms with E-state index in [1.54, 1.807) is 12.3 Å². The average Bonchev–Trinajstić information content (AvgIpc) is 2.22. The van der Waals surface area contributed by atoms with Crippen molar-refractivity contribution in [3.63, 3.8) is 0 Å². The fraction of sp³-hybridized carbons (Fsp3) is 0.400. The van der Waals surface area contributed by atoms with E-state index in [0.717, 1.165) is 5.56 Å². The molecule has 1 rings (SSSR count). The van der Waals surface area contributed by atoms with Gasteiger partial charge in [-0.2, -0.15) is 0 Å². The van der Waals surface area contributed by atoms with Crippen LogP contribution in [0.25, 0.3) is 0 Å². The van der Waals surface area contributed by atoms with Crippen molar-refractivity contribution in [3.05, 3.63) is 23.0 Å². The summed E-state index contributed by atoms with van der Waals surface area (Å²) in [7, 11) is 0. The van der Waals surface area contributed by atoms with E-state index < -0.39 is 6.04 Å². The molecule has 0 aliphatic heterocycles. The van der Waals surface area contributed by atoms with E-state index in [0.29, 0.717) is 12.1 Å². The molecule has 15 heavy (non-hydrogen) atoms. The van der Waals surface area contributed by atoms with Crippen molar-refractivity contribution in [2.75, 3.05) is 5.32 Å². The summed E-state index contributed by atoms with van der Waals surface area (Å²) in [4.78, 5) is 15.4. The van der Waals surface area contributed by atoms with Gasteiger partial charge in [-0.1, -0.05) is 18.5 Å². The lowest BCUT2D eigenvalue weighted by Gasteiger charge is -2.12. The van der Waals surface area contributed by atoms with Crippen LogP contribution in [-0.4, -0.2) is 16.9 Å². The molecule has 1 aromatic rings. The summed E-state index contributed by atoms with van der Waals surface area (Å²) in [6.45, 7) is 3.70. The Kier molecular flexibility index (Phi) is 4.05. The van der Waals surface area contributed by atoms with E-state index in [4.69, 9.17) is 17.3 Å². The molecule has 0 aliphatic carbocycles. The van der Waals surface area contributed by atoms with Gasteiger partial charge in [-0.15, -0.1) is 0 Å². The van der Waals surface area contributed by atoms with Crippen molar-refractivity contribution in [2.24, 2.45) is 5.73 Å². The number of nitrogens with two attached hydrogens (primary N) is 1. The molecule has 1 atom stereocenters. The fourth-order valence-corrected chi connectivity index (χ4v) is 1.33. The largest absolute Gasteiger partial charge is 0.322 e. The van der Waals surface area contributed by atoms with Crippen LogP contribution in [-0.2, 0) is 4.79 Å². The zero-order chi connectivity index (χ0) is 11.4. The maximum atomic E-state index is 11.5. The third kappa shape index (κ3) is 2.91. The van der Waals surface area contributed by atoms with Crippen LogP contribution in [0.15, 0.2) is 12.3 Å². The van der Waals surface area contributed by atoms with Gasteiger partial charge in [0.25, 0.3) is 0 Å². The first kappa shape index (κ1) is 11.9. The molecule has 82 valence electrons. The monoisotopic (exact) mass is 227 g/mol. The zero-order valence-electron chi connectivity index (χ0n) is 8.75. The molecule has 1 amide bonds. The molecule has 0 saturated heterocycles. The molecule has 0 saturated carbocycles. The lowest BCUT2D eigenvalue weighted by Crippen LogP contribution is -2.35. The highest BCUT2D eigenvalue weighted by Gasteiger charge is 2.14. The highest BCUT2D eigenvalue weighted by Crippen LogP contribution is 2.22. The minimum Gasteiger partial charge on any atom is -0.322 e. The highest BCUT2D eigenvalue weighted by atomic mass is 35.5. The number of hydrogen-bond acceptors (Lipinski definition) is 3. The minimum atomic E-state index is -0.513. The molecule has 0 unspecified atom stereocenters. The molecule has 5 heteroatoms. The van der Waals surface area contributed by atoms with Gasteiger partial charge in [0.2, 0.25) is 5.91 Å². The lowest BCUT2D eigenvalue weighted by atomic mass is 10.2. The number of aryl methyl sites for hydroxylation is 1. The van der Waals surface area contributed by atoms with Crippen LogP contribution in [0, 0.1) is 6.92 Å². The first-order valence-electron chi connectivity index (χ1n) is 4.73. The van der Waals surface area contributed by atoms with Crippen molar-refractivity contribution >= 4 is 23.2 Å². The summed E-state index contributed by atoms with van der Waals surface area (Å²) in [5.74, 6) is -0.240. The van der Waals surface area contributed by atoms with E-state index in [-0.39, 0.29) is 11.1 Å². The summed E-state index contributed by atoms with van der Waals surface area (Å²) in [5, 5.41) is 2.95. The number of carbonyl (C=O) groups excluding carboxylic acids is 1. The number of amides is 1. The topological polar surface area (TPSA) is 68.0 Å². The standard InChI is InChI=1S/C10H14ClN3O/c1-3-7(12)10(15)14-8-6(2)4-5-13-9(8)11/h4-5,7H,3,12H2,1-2H3,(H,14,15)/t7-/m0/s1. The van der Waals surface area contributed by atoms with Crippen molar-refractivity contribution < 1.29 is 4.79 Å². The van der Waals surface area contributed by atoms with E-state index in [1.807, 2.05) is 13.8 Å². The molecule has 0 radical (unpaired) electrons. The summed E-state index contributed by atoms with van der Waals surface area (Å²) < 4.78 is 0. The molecular weight excluding hydrogens is 214 g/mol. The number of anilines is 1. The van der Waals surface area contributed by atoms with Crippen LogP contribution in [0.4, 0.5) is 5.69 Å². The second kappa shape index (κ2) is 5.09. The van der Waals surface area contributed by atoms with Gasteiger partial charge < -0.3 is 11.1 Å². The molecule has 0 aromatic carbocycles. The predicted molar refractivity (Wildman–Crippen MR) is 60.9 cm³/mol. The highest BCUT2D eigenvalue weighted by molar-refractivity contribution is 6.32. The summed E-state index contributed by atoms with van der Waals surface area (Å²) in [6, 6.07) is 1.26. The van der Waals surface area contributed by atoms with Gasteiger partial charge in [0, 0.05) is 6.20 Å². The van der Waals surface area contributed by atoms with Crippen molar-refractivity contribution in [3.8, 4) is 0 Å². The Labute approximate surface area is 93.8 Å². The van der Waals surface area contributed by atoms with Crippen LogP contribution < -0.4 is 11.1 Å². The normalized spacial score (nSPS) is 12.3. The van der Waals surface area contributed by atoms with Gasteiger partial charge in [0.1, 0.15) is 0 Å². The number of rotatable bonds is 3. The molecule has 1 aromatic heterocycles. The SMILES string of the molecule is CC[C@H](N)C(=O)Nc1c(C)ccnc1Cl. The average molecular weight is 228 g/mol. The van der Waals surface area contributed by atoms with Crippen LogP contribution in [0.3, 0.4) is 0 Å². The Bertz CT molecular complexity index is 347. The molecular formula is C10H14ClN3O. The quantitative estimate of drug-likeness (QED) is 0.773. The number of aromatic nitrogens is 1. The number of carbonyl (C=O) groups is 1. The maximum Gasteiger partial charge on any atom is 0.241 e. The number of pyridine rings is 1. The van der Waals surface area contributed by atoms with Gasteiger partial charge in [0.05, 0.1) is 11.7 Å². The number of hydrogen-bond donors (Lipinski definition) is 2. The van der Waals surface area contributed by atoms with Crippen LogP contribution in [0.2, 0.25) is 5.15 Å². The van der Waals surface area contributed by atoms with Crippen molar-refractivity contribution in [2.45, 2.75) is 26.3 Å². The molecule has 0 spiro atoms. The molecule has 1 heterocycles.